The highest BCUT2D eigenvalue weighted by atomic mass is 32.2. The van der Waals surface area contributed by atoms with Gasteiger partial charge in [-0.15, -0.1) is 0 Å². The number of nitrogens with one attached hydrogen (secondary N) is 1. The molecule has 3 aliphatic rings. The molecule has 4 nitrogen and oxygen atoms in total. The first-order chi connectivity index (χ1) is 10.0. The van der Waals surface area contributed by atoms with Crippen LogP contribution in [0.15, 0.2) is 0 Å². The molecule has 0 amide bonds. The van der Waals surface area contributed by atoms with Crippen molar-refractivity contribution in [3.8, 4) is 0 Å². The van der Waals surface area contributed by atoms with Gasteiger partial charge in [0.2, 0.25) is 0 Å². The minimum Gasteiger partial charge on any atom is -0.374 e. The van der Waals surface area contributed by atoms with Crippen LogP contribution in [-0.4, -0.2) is 56.2 Å². The van der Waals surface area contributed by atoms with Crippen molar-refractivity contribution in [3.05, 3.63) is 0 Å². The molecule has 21 heavy (non-hydrogen) atoms. The largest absolute Gasteiger partial charge is 0.374 e. The van der Waals surface area contributed by atoms with Gasteiger partial charge in [-0.1, -0.05) is 6.92 Å². The van der Waals surface area contributed by atoms with Crippen LogP contribution in [-0.2, 0) is 14.6 Å². The summed E-state index contributed by atoms with van der Waals surface area (Å²) in [6, 6.07) is 0.346. The molecule has 0 radical (unpaired) electrons. The Kier molecular flexibility index (Phi) is 4.89. The number of sulfone groups is 1. The van der Waals surface area contributed by atoms with E-state index in [0.717, 1.165) is 44.6 Å². The van der Waals surface area contributed by atoms with Gasteiger partial charge in [-0.2, -0.15) is 11.8 Å². The summed E-state index contributed by atoms with van der Waals surface area (Å²) >= 11 is 2.00. The summed E-state index contributed by atoms with van der Waals surface area (Å²) in [6.45, 7) is 3.88. The van der Waals surface area contributed by atoms with Gasteiger partial charge in [0.05, 0.1) is 17.1 Å². The standard InChI is InChI=1S/C15H27NO3S2/c1-2-16-14(13-4-8-21(17,18)10-13)12-3-6-19-15(9-12)5-7-20-11-15/h12-14,16H,2-11H2,1H3. The van der Waals surface area contributed by atoms with E-state index >= 15 is 0 Å². The molecule has 1 N–H and O–H groups in total. The normalized spacial score (nSPS) is 40.6. The summed E-state index contributed by atoms with van der Waals surface area (Å²) in [7, 11) is -2.80. The average molecular weight is 334 g/mol. The summed E-state index contributed by atoms with van der Waals surface area (Å²) in [6.07, 6.45) is 4.17. The Morgan fingerprint density at radius 3 is 2.86 bits per heavy atom. The Balaban J connectivity index is 1.71. The van der Waals surface area contributed by atoms with Crippen LogP contribution in [0.5, 0.6) is 0 Å². The first-order valence-electron chi connectivity index (χ1n) is 8.19. The molecule has 0 saturated carbocycles. The maximum absolute atomic E-state index is 11.8. The molecule has 3 saturated heterocycles. The topological polar surface area (TPSA) is 55.4 Å². The lowest BCUT2D eigenvalue weighted by molar-refractivity contribution is -0.0877. The summed E-state index contributed by atoms with van der Waals surface area (Å²) < 4.78 is 29.8. The van der Waals surface area contributed by atoms with E-state index in [-0.39, 0.29) is 5.60 Å². The average Bonchev–Trinajstić information content (AvgIpc) is 3.03. The SMILES string of the molecule is CCNC(C1CCOC2(CCSC2)C1)C1CCS(=O)(=O)C1. The molecule has 0 aromatic heterocycles. The highest BCUT2D eigenvalue weighted by Crippen LogP contribution is 2.43. The van der Waals surface area contributed by atoms with Gasteiger partial charge in [-0.05, 0) is 49.8 Å². The molecule has 3 aliphatic heterocycles. The fraction of sp³-hybridized carbons (Fsp3) is 1.00. The lowest BCUT2D eigenvalue weighted by Gasteiger charge is -2.42. The van der Waals surface area contributed by atoms with Crippen molar-refractivity contribution < 1.29 is 13.2 Å². The van der Waals surface area contributed by atoms with Crippen molar-refractivity contribution in [2.45, 2.75) is 44.2 Å². The predicted molar refractivity (Wildman–Crippen MR) is 87.6 cm³/mol. The molecular formula is C15H27NO3S2. The van der Waals surface area contributed by atoms with Gasteiger partial charge in [0.25, 0.3) is 0 Å². The third-order valence-corrected chi connectivity index (χ3v) is 8.34. The molecule has 4 atom stereocenters. The van der Waals surface area contributed by atoms with E-state index < -0.39 is 9.84 Å². The molecule has 0 aromatic carbocycles. The zero-order chi connectivity index (χ0) is 14.9. The Hall–Kier alpha value is 0.220. The Bertz CT molecular complexity index is 460. The minimum atomic E-state index is -2.80. The molecule has 0 aliphatic carbocycles. The van der Waals surface area contributed by atoms with E-state index in [1.807, 2.05) is 11.8 Å². The van der Waals surface area contributed by atoms with E-state index in [9.17, 15) is 8.42 Å². The van der Waals surface area contributed by atoms with Crippen LogP contribution in [0.1, 0.15) is 32.6 Å². The molecule has 3 rings (SSSR count). The van der Waals surface area contributed by atoms with Gasteiger partial charge in [-0.3, -0.25) is 0 Å². The quantitative estimate of drug-likeness (QED) is 0.849. The molecule has 4 unspecified atom stereocenters. The van der Waals surface area contributed by atoms with Crippen LogP contribution in [0.2, 0.25) is 0 Å². The second kappa shape index (κ2) is 6.38. The number of ether oxygens (including phenoxy) is 1. The third-order valence-electron chi connectivity index (χ3n) is 5.32. The van der Waals surface area contributed by atoms with Crippen molar-refractivity contribution in [2.75, 3.05) is 36.2 Å². The fourth-order valence-electron chi connectivity index (χ4n) is 4.30. The van der Waals surface area contributed by atoms with Crippen molar-refractivity contribution in [1.29, 1.82) is 0 Å². The van der Waals surface area contributed by atoms with E-state index in [1.165, 1.54) is 5.75 Å². The second-order valence-electron chi connectivity index (χ2n) is 6.83. The smallest absolute Gasteiger partial charge is 0.150 e. The highest BCUT2D eigenvalue weighted by Gasteiger charge is 2.45. The molecule has 3 heterocycles. The zero-order valence-corrected chi connectivity index (χ0v) is 14.5. The molecule has 1 spiro atoms. The molecular weight excluding hydrogens is 306 g/mol. The molecule has 122 valence electrons. The number of thioether (sulfide) groups is 1. The first kappa shape index (κ1) is 16.1. The van der Waals surface area contributed by atoms with Gasteiger partial charge < -0.3 is 10.1 Å². The summed E-state index contributed by atoms with van der Waals surface area (Å²) in [5.41, 5.74) is 0.0821. The van der Waals surface area contributed by atoms with Gasteiger partial charge in [-0.25, -0.2) is 8.42 Å². The number of rotatable bonds is 4. The summed E-state index contributed by atoms with van der Waals surface area (Å²) in [4.78, 5) is 0. The number of hydrogen-bond acceptors (Lipinski definition) is 5. The molecule has 0 bridgehead atoms. The summed E-state index contributed by atoms with van der Waals surface area (Å²) in [5.74, 6) is 3.94. The van der Waals surface area contributed by atoms with Crippen LogP contribution >= 0.6 is 11.8 Å². The minimum absolute atomic E-state index is 0.0821. The highest BCUT2D eigenvalue weighted by molar-refractivity contribution is 7.99. The van der Waals surface area contributed by atoms with Crippen LogP contribution < -0.4 is 5.32 Å². The van der Waals surface area contributed by atoms with Gasteiger partial charge in [0, 0.05) is 18.4 Å². The fourth-order valence-corrected chi connectivity index (χ4v) is 7.53. The van der Waals surface area contributed by atoms with E-state index in [0.29, 0.717) is 29.4 Å². The maximum Gasteiger partial charge on any atom is 0.150 e. The van der Waals surface area contributed by atoms with Gasteiger partial charge in [0.1, 0.15) is 0 Å². The first-order valence-corrected chi connectivity index (χ1v) is 11.2. The monoisotopic (exact) mass is 333 g/mol. The predicted octanol–water partition coefficient (Wildman–Crippen LogP) is 1.70. The lowest BCUT2D eigenvalue weighted by atomic mass is 9.77. The van der Waals surface area contributed by atoms with Gasteiger partial charge >= 0.3 is 0 Å². The maximum atomic E-state index is 11.8. The van der Waals surface area contributed by atoms with Crippen molar-refractivity contribution in [2.24, 2.45) is 11.8 Å². The second-order valence-corrected chi connectivity index (χ2v) is 10.2. The molecule has 6 heteroatoms. The van der Waals surface area contributed by atoms with E-state index in [2.05, 4.69) is 12.2 Å². The summed E-state index contributed by atoms with van der Waals surface area (Å²) in [5, 5.41) is 3.61. The van der Waals surface area contributed by atoms with Crippen molar-refractivity contribution in [1.82, 2.24) is 5.32 Å². The Labute approximate surface area is 132 Å². The third kappa shape index (κ3) is 3.59. The van der Waals surface area contributed by atoms with Crippen LogP contribution in [0.4, 0.5) is 0 Å². The van der Waals surface area contributed by atoms with Gasteiger partial charge in [0.15, 0.2) is 9.84 Å². The zero-order valence-electron chi connectivity index (χ0n) is 12.8. The van der Waals surface area contributed by atoms with E-state index in [1.54, 1.807) is 0 Å². The Morgan fingerprint density at radius 1 is 1.38 bits per heavy atom. The molecule has 0 aromatic rings. The van der Waals surface area contributed by atoms with Crippen LogP contribution in [0.3, 0.4) is 0 Å². The number of hydrogen-bond donors (Lipinski definition) is 1. The van der Waals surface area contributed by atoms with Crippen LogP contribution in [0.25, 0.3) is 0 Å². The van der Waals surface area contributed by atoms with E-state index in [4.69, 9.17) is 4.74 Å². The lowest BCUT2D eigenvalue weighted by Crippen LogP contribution is -2.50. The molecule has 3 fully saturated rings. The van der Waals surface area contributed by atoms with Crippen molar-refractivity contribution in [3.63, 3.8) is 0 Å². The van der Waals surface area contributed by atoms with Crippen molar-refractivity contribution >= 4 is 21.6 Å². The Morgan fingerprint density at radius 2 is 2.24 bits per heavy atom. The van der Waals surface area contributed by atoms with Crippen LogP contribution in [0, 0.1) is 11.8 Å².